The summed E-state index contributed by atoms with van der Waals surface area (Å²) in [4.78, 5) is 17.9. The van der Waals surface area contributed by atoms with Gasteiger partial charge < -0.3 is 0 Å². The molecule has 2 aromatic heterocycles. The molecule has 0 radical (unpaired) electrons. The number of hydrogen-bond donors (Lipinski definition) is 0. The van der Waals surface area contributed by atoms with Crippen molar-refractivity contribution in [2.75, 3.05) is 35.2 Å². The Morgan fingerprint density at radius 2 is 0.960 bits per heavy atom. The quantitative estimate of drug-likeness (QED) is 0.133. The summed E-state index contributed by atoms with van der Waals surface area (Å²) in [6, 6.07) is 10.8. The zero-order valence-electron chi connectivity index (χ0n) is 28.7. The molecule has 18 heteroatoms. The minimum atomic E-state index is -3.74. The van der Waals surface area contributed by atoms with Gasteiger partial charge in [0.1, 0.15) is 24.8 Å². The molecule has 4 aromatic rings. The summed E-state index contributed by atoms with van der Waals surface area (Å²) in [6.45, 7) is 6.67. The van der Waals surface area contributed by atoms with Crippen molar-refractivity contribution in [3.8, 4) is 22.5 Å². The highest BCUT2D eigenvalue weighted by atomic mass is 32.2. The van der Waals surface area contributed by atoms with Gasteiger partial charge in [-0.25, -0.2) is 54.2 Å². The Bertz CT molecular complexity index is 1950. The van der Waals surface area contributed by atoms with Crippen molar-refractivity contribution in [1.29, 1.82) is 0 Å². The molecule has 2 aromatic carbocycles. The van der Waals surface area contributed by atoms with Gasteiger partial charge in [-0.15, -0.1) is 9.05 Å². The number of anilines is 2. The number of aromatic nitrogens is 4. The number of benzene rings is 2. The maximum absolute atomic E-state index is 13.8. The molecule has 268 valence electrons. The summed E-state index contributed by atoms with van der Waals surface area (Å²) in [5.74, 6) is -1.74. The molecule has 0 aliphatic heterocycles. The fraction of sp³-hybridized carbons (Fsp3) is 0.375. The molecule has 13 nitrogen and oxygen atoms in total. The second-order valence-electron chi connectivity index (χ2n) is 12.0. The first-order valence-electron chi connectivity index (χ1n) is 15.2. The highest BCUT2D eigenvalue weighted by Crippen LogP contribution is 2.37. The summed E-state index contributed by atoms with van der Waals surface area (Å²) in [7, 11) is -7.69. The first-order valence-corrected chi connectivity index (χ1v) is 20.0. The molecule has 0 N–H and O–H groups in total. The topological polar surface area (TPSA) is 162 Å². The van der Waals surface area contributed by atoms with E-state index in [4.69, 9.17) is 9.05 Å². The molecule has 0 aliphatic rings. The van der Waals surface area contributed by atoms with E-state index in [9.17, 15) is 30.2 Å². The normalized spacial score (nSPS) is 12.1. The third kappa shape index (κ3) is 9.20. The van der Waals surface area contributed by atoms with Crippen LogP contribution in [0.2, 0.25) is 0 Å². The van der Waals surface area contributed by atoms with Crippen LogP contribution in [0.15, 0.2) is 48.5 Å². The molecule has 50 heavy (non-hydrogen) atoms. The third-order valence-corrected chi connectivity index (χ3v) is 10.6. The number of halogens is 2. The summed E-state index contributed by atoms with van der Waals surface area (Å²) in [5, 5.41) is 0. The molecule has 0 saturated carbocycles. The van der Waals surface area contributed by atoms with Crippen molar-refractivity contribution in [2.45, 2.75) is 52.7 Å². The van der Waals surface area contributed by atoms with Crippen LogP contribution >= 0.6 is 8.25 Å². The van der Waals surface area contributed by atoms with Gasteiger partial charge in [-0.3, -0.25) is 0 Å². The van der Waals surface area contributed by atoms with E-state index in [0.717, 1.165) is 21.1 Å². The molecule has 4 rings (SSSR count). The monoisotopic (exact) mass is 751 g/mol. The number of rotatable bonds is 14. The molecule has 0 aliphatic carbocycles. The van der Waals surface area contributed by atoms with Gasteiger partial charge in [-0.1, -0.05) is 27.7 Å². The summed E-state index contributed by atoms with van der Waals surface area (Å²) >= 11 is 0. The van der Waals surface area contributed by atoms with Gasteiger partial charge in [0.05, 0.1) is 35.3 Å². The molecule has 0 atom stereocenters. The van der Waals surface area contributed by atoms with Gasteiger partial charge in [-0.2, -0.15) is 0 Å². The Hall–Kier alpha value is -4.02. The molecule has 0 bridgehead atoms. The SMILES string of the molecule is CC(C)c1nc(N(C)S(C)(=O)=O)nc(-c2ccc(F)cc2)c1CO[P+](=O)OCc1c(-c2ccc(F)cc2)nc(N(C)S(C)(=O)=O)nc1C(C)C. The molecule has 0 fully saturated rings. The average molecular weight is 752 g/mol. The van der Waals surface area contributed by atoms with Crippen LogP contribution in [0.25, 0.3) is 22.5 Å². The molecule has 0 saturated heterocycles. The Labute approximate surface area is 291 Å². The smallest absolute Gasteiger partial charge is 0.241 e. The van der Waals surface area contributed by atoms with Crippen molar-refractivity contribution in [2.24, 2.45) is 0 Å². The number of nitrogens with zero attached hydrogens (tertiary/aromatic N) is 6. The third-order valence-electron chi connectivity index (χ3n) is 7.57. The van der Waals surface area contributed by atoms with Crippen molar-refractivity contribution in [3.05, 3.63) is 82.7 Å². The molecule has 0 spiro atoms. The Morgan fingerprint density at radius 3 is 1.24 bits per heavy atom. The van der Waals surface area contributed by atoms with Crippen LogP contribution < -0.4 is 8.61 Å². The minimum absolute atomic E-state index is 0.112. The van der Waals surface area contributed by atoms with E-state index in [2.05, 4.69) is 19.9 Å². The fourth-order valence-electron chi connectivity index (χ4n) is 4.76. The van der Waals surface area contributed by atoms with Crippen molar-refractivity contribution < 1.29 is 39.2 Å². The molecular weight excluding hydrogens is 713 g/mol. The molecule has 2 heterocycles. The van der Waals surface area contributed by atoms with Gasteiger partial charge in [0.2, 0.25) is 31.9 Å². The maximum atomic E-state index is 13.8. The first kappa shape index (κ1) is 38.8. The van der Waals surface area contributed by atoms with E-state index in [1.807, 2.05) is 27.7 Å². The van der Waals surface area contributed by atoms with Crippen LogP contribution in [-0.2, 0) is 46.9 Å². The highest BCUT2D eigenvalue weighted by Gasteiger charge is 2.30. The lowest BCUT2D eigenvalue weighted by atomic mass is 9.99. The van der Waals surface area contributed by atoms with Crippen molar-refractivity contribution >= 4 is 40.2 Å². The standard InChI is InChI=1S/C32H38F2N6O7PS2/c1-19(2)27-25(29(21-9-13-23(33)14-10-21)37-31(35-27)39(5)49(7,42)43)17-46-48(41)47-18-26-28(20(3)4)36-32(40(6)50(8,44)45)38-30(26)22-11-15-24(34)16-12-22/h9-16,19-20H,17-18H2,1-8H3/q+1. The lowest BCUT2D eigenvalue weighted by Crippen LogP contribution is -2.28. The van der Waals surface area contributed by atoms with Crippen LogP contribution in [0.5, 0.6) is 0 Å². The van der Waals surface area contributed by atoms with E-state index >= 15 is 0 Å². The molecule has 0 unspecified atom stereocenters. The lowest BCUT2D eigenvalue weighted by Gasteiger charge is -2.21. The van der Waals surface area contributed by atoms with Gasteiger partial charge in [-0.05, 0) is 60.4 Å². The fourth-order valence-corrected chi connectivity index (χ4v) is 6.06. The van der Waals surface area contributed by atoms with E-state index in [1.165, 1.54) is 62.6 Å². The van der Waals surface area contributed by atoms with Gasteiger partial charge >= 0.3 is 8.25 Å². The first-order chi connectivity index (χ1) is 23.3. The van der Waals surface area contributed by atoms with Crippen LogP contribution in [0.1, 0.15) is 62.0 Å². The van der Waals surface area contributed by atoms with Gasteiger partial charge in [0.15, 0.2) is 0 Å². The Morgan fingerprint density at radius 1 is 0.640 bits per heavy atom. The lowest BCUT2D eigenvalue weighted by molar-refractivity contribution is 0.211. The van der Waals surface area contributed by atoms with Crippen molar-refractivity contribution in [1.82, 2.24) is 19.9 Å². The van der Waals surface area contributed by atoms with Crippen LogP contribution in [0, 0.1) is 11.6 Å². The van der Waals surface area contributed by atoms with Gasteiger partial charge in [0, 0.05) is 40.9 Å². The van der Waals surface area contributed by atoms with E-state index in [1.54, 1.807) is 0 Å². The zero-order valence-corrected chi connectivity index (χ0v) is 31.3. The summed E-state index contributed by atoms with van der Waals surface area (Å²) < 4.78 is 104. The van der Waals surface area contributed by atoms with E-state index < -0.39 is 39.9 Å². The second-order valence-corrected chi connectivity index (χ2v) is 17.0. The number of hydrogen-bond acceptors (Lipinski definition) is 11. The van der Waals surface area contributed by atoms with E-state index in [-0.39, 0.29) is 48.3 Å². The van der Waals surface area contributed by atoms with Crippen molar-refractivity contribution in [3.63, 3.8) is 0 Å². The van der Waals surface area contributed by atoms with Gasteiger partial charge in [0.25, 0.3) is 0 Å². The average Bonchev–Trinajstić information content (AvgIpc) is 3.04. The number of sulfonamides is 2. The molecular formula is C32H38F2N6O7PS2+. The Kier molecular flexibility index (Phi) is 12.0. The zero-order chi connectivity index (χ0) is 37.1. The highest BCUT2D eigenvalue weighted by molar-refractivity contribution is 7.92. The van der Waals surface area contributed by atoms with Crippen LogP contribution in [-0.4, -0.2) is 63.4 Å². The van der Waals surface area contributed by atoms with E-state index in [0.29, 0.717) is 33.6 Å². The maximum Gasteiger partial charge on any atom is 0.698 e. The second kappa shape index (κ2) is 15.5. The predicted octanol–water partition coefficient (Wildman–Crippen LogP) is 6.31. The van der Waals surface area contributed by atoms with Crippen LogP contribution in [0.3, 0.4) is 0 Å². The Balaban J connectivity index is 1.72. The minimum Gasteiger partial charge on any atom is -0.241 e. The largest absolute Gasteiger partial charge is 0.698 e. The predicted molar refractivity (Wildman–Crippen MR) is 187 cm³/mol. The van der Waals surface area contributed by atoms with Crippen LogP contribution in [0.4, 0.5) is 20.7 Å². The summed E-state index contributed by atoms with van der Waals surface area (Å²) in [6.07, 6.45) is 2.02. The summed E-state index contributed by atoms with van der Waals surface area (Å²) in [5.41, 5.74) is 2.97. The molecule has 0 amide bonds.